The van der Waals surface area contributed by atoms with Crippen molar-refractivity contribution in [2.75, 3.05) is 12.4 Å². The van der Waals surface area contributed by atoms with Crippen LogP contribution in [0.2, 0.25) is 0 Å². The molecule has 0 saturated heterocycles. The summed E-state index contributed by atoms with van der Waals surface area (Å²) in [5.41, 5.74) is 3.80. The molecule has 0 aliphatic heterocycles. The Labute approximate surface area is 170 Å². The quantitative estimate of drug-likeness (QED) is 0.731. The van der Waals surface area contributed by atoms with Crippen molar-refractivity contribution in [2.24, 2.45) is 0 Å². The second kappa shape index (κ2) is 7.87. The highest BCUT2D eigenvalue weighted by molar-refractivity contribution is 7.80. The Morgan fingerprint density at radius 3 is 2.00 bits per heavy atom. The lowest BCUT2D eigenvalue weighted by molar-refractivity contribution is -0.143. The monoisotopic (exact) mass is 399 g/mol. The largest absolute Gasteiger partial charge is 0.480 e. The first-order valence-corrected chi connectivity index (χ1v) is 9.87. The van der Waals surface area contributed by atoms with Gasteiger partial charge < -0.3 is 9.84 Å². The normalized spacial score (nSPS) is 14.1. The zero-order chi connectivity index (χ0) is 20.5. The van der Waals surface area contributed by atoms with Crippen LogP contribution in [0, 0.1) is 0 Å². The summed E-state index contributed by atoms with van der Waals surface area (Å²) in [6.45, 7) is 5.51. The lowest BCUT2D eigenvalue weighted by Crippen LogP contribution is -2.55. The first kappa shape index (κ1) is 20.3. The number of benzene rings is 2. The van der Waals surface area contributed by atoms with E-state index in [1.54, 1.807) is 20.8 Å². The number of amides is 1. The highest BCUT2D eigenvalue weighted by Gasteiger charge is 2.38. The van der Waals surface area contributed by atoms with E-state index in [1.807, 2.05) is 36.4 Å². The van der Waals surface area contributed by atoms with Gasteiger partial charge in [-0.25, -0.2) is 9.59 Å². The van der Waals surface area contributed by atoms with Crippen molar-refractivity contribution in [3.8, 4) is 11.1 Å². The Kier molecular flexibility index (Phi) is 5.70. The number of carboxylic acid groups (broad SMARTS) is 1. The van der Waals surface area contributed by atoms with E-state index in [1.165, 1.54) is 4.90 Å². The van der Waals surface area contributed by atoms with Gasteiger partial charge >= 0.3 is 12.1 Å². The summed E-state index contributed by atoms with van der Waals surface area (Å²) in [5.74, 6) is -1.16. The minimum Gasteiger partial charge on any atom is -0.480 e. The first-order valence-electron chi connectivity index (χ1n) is 9.23. The molecular formula is C22H25NO4S. The summed E-state index contributed by atoms with van der Waals surface area (Å²) >= 11 is 4.12. The van der Waals surface area contributed by atoms with Crippen LogP contribution in [0.3, 0.4) is 0 Å². The van der Waals surface area contributed by atoms with E-state index in [-0.39, 0.29) is 18.3 Å². The molecule has 2 aromatic rings. The summed E-state index contributed by atoms with van der Waals surface area (Å²) < 4.78 is 5.65. The number of carboxylic acids is 1. The molecule has 6 heteroatoms. The van der Waals surface area contributed by atoms with Crippen molar-refractivity contribution in [2.45, 2.75) is 38.3 Å². The molecule has 3 rings (SSSR count). The Bertz CT molecular complexity index is 845. The molecule has 0 radical (unpaired) electrons. The summed E-state index contributed by atoms with van der Waals surface area (Å²) in [7, 11) is 0. The molecule has 0 unspecified atom stereocenters. The van der Waals surface area contributed by atoms with Crippen molar-refractivity contribution in [3.05, 3.63) is 59.7 Å². The molecule has 0 saturated carbocycles. The van der Waals surface area contributed by atoms with Crippen molar-refractivity contribution in [1.82, 2.24) is 4.90 Å². The summed E-state index contributed by atoms with van der Waals surface area (Å²) in [6, 6.07) is 15.1. The van der Waals surface area contributed by atoms with E-state index in [9.17, 15) is 14.7 Å². The van der Waals surface area contributed by atoms with Gasteiger partial charge in [0.05, 0.1) is 0 Å². The SMILES string of the molecule is CC(C)(C)N(C(=O)OCC1c2ccccc2-c2ccccc21)[C@@H](CS)C(=O)O. The van der Waals surface area contributed by atoms with Crippen LogP contribution in [0.5, 0.6) is 0 Å². The molecule has 1 amide bonds. The number of aliphatic carboxylic acids is 1. The average molecular weight is 400 g/mol. The van der Waals surface area contributed by atoms with Crippen molar-refractivity contribution in [3.63, 3.8) is 0 Å². The molecule has 0 fully saturated rings. The molecule has 5 nitrogen and oxygen atoms in total. The van der Waals surface area contributed by atoms with Gasteiger partial charge in [0.15, 0.2) is 0 Å². The first-order chi connectivity index (χ1) is 13.3. The number of hydrogen-bond donors (Lipinski definition) is 2. The topological polar surface area (TPSA) is 66.8 Å². The fraction of sp³-hybridized carbons (Fsp3) is 0.364. The zero-order valence-electron chi connectivity index (χ0n) is 16.3. The zero-order valence-corrected chi connectivity index (χ0v) is 17.1. The molecule has 0 spiro atoms. The minimum absolute atomic E-state index is 0.0107. The third kappa shape index (κ3) is 3.74. The highest BCUT2D eigenvalue weighted by atomic mass is 32.1. The molecule has 0 aromatic heterocycles. The van der Waals surface area contributed by atoms with Gasteiger partial charge in [-0.15, -0.1) is 0 Å². The minimum atomic E-state index is -1.10. The maximum Gasteiger partial charge on any atom is 0.411 e. The van der Waals surface area contributed by atoms with Crippen LogP contribution < -0.4 is 0 Å². The van der Waals surface area contributed by atoms with Crippen LogP contribution in [0.4, 0.5) is 4.79 Å². The van der Waals surface area contributed by atoms with Gasteiger partial charge in [0.25, 0.3) is 0 Å². The number of hydrogen-bond acceptors (Lipinski definition) is 4. The second-order valence-corrected chi connectivity index (χ2v) is 8.25. The molecule has 1 N–H and O–H groups in total. The van der Waals surface area contributed by atoms with Crippen LogP contribution in [0.25, 0.3) is 11.1 Å². The van der Waals surface area contributed by atoms with E-state index in [0.29, 0.717) is 0 Å². The van der Waals surface area contributed by atoms with Crippen molar-refractivity contribution < 1.29 is 19.4 Å². The summed E-state index contributed by atoms with van der Waals surface area (Å²) in [6.07, 6.45) is -0.643. The fourth-order valence-corrected chi connectivity index (χ4v) is 4.12. The number of carbonyl (C=O) groups is 2. The number of fused-ring (bicyclic) bond motifs is 3. The van der Waals surface area contributed by atoms with Gasteiger partial charge in [-0.1, -0.05) is 48.5 Å². The third-order valence-electron chi connectivity index (χ3n) is 5.03. The Morgan fingerprint density at radius 1 is 1.07 bits per heavy atom. The van der Waals surface area contributed by atoms with Crippen LogP contribution in [-0.2, 0) is 9.53 Å². The number of rotatable bonds is 5. The van der Waals surface area contributed by atoms with Crippen molar-refractivity contribution >= 4 is 24.7 Å². The predicted molar refractivity (Wildman–Crippen MR) is 112 cm³/mol. The van der Waals surface area contributed by atoms with Gasteiger partial charge in [0.2, 0.25) is 0 Å². The van der Waals surface area contributed by atoms with Gasteiger partial charge in [0, 0.05) is 17.2 Å². The molecule has 28 heavy (non-hydrogen) atoms. The number of ether oxygens (including phenoxy) is 1. The smallest absolute Gasteiger partial charge is 0.411 e. The number of nitrogens with zero attached hydrogens (tertiary/aromatic N) is 1. The van der Waals surface area contributed by atoms with Crippen LogP contribution in [0.15, 0.2) is 48.5 Å². The van der Waals surface area contributed by atoms with Gasteiger partial charge in [0.1, 0.15) is 12.6 Å². The molecule has 1 aliphatic rings. The van der Waals surface area contributed by atoms with Crippen LogP contribution in [-0.4, -0.2) is 46.0 Å². The summed E-state index contributed by atoms with van der Waals surface area (Å²) in [5, 5.41) is 9.50. The van der Waals surface area contributed by atoms with Crippen LogP contribution >= 0.6 is 12.6 Å². The standard InChI is InChI=1S/C22H25NO4S/c1-22(2,3)23(19(13-28)20(24)25)21(26)27-12-18-16-10-6-4-8-14(16)15-9-5-7-11-17(15)18/h4-11,18-19,28H,12-13H2,1-3H3,(H,24,25)/t19-/m0/s1. The maximum absolute atomic E-state index is 12.9. The highest BCUT2D eigenvalue weighted by Crippen LogP contribution is 2.44. The molecule has 1 atom stereocenters. The fourth-order valence-electron chi connectivity index (χ4n) is 3.80. The van der Waals surface area contributed by atoms with Crippen LogP contribution in [0.1, 0.15) is 37.8 Å². The lowest BCUT2D eigenvalue weighted by atomic mass is 9.98. The second-order valence-electron chi connectivity index (χ2n) is 7.88. The Morgan fingerprint density at radius 2 is 1.57 bits per heavy atom. The van der Waals surface area contributed by atoms with E-state index < -0.39 is 23.6 Å². The Hall–Kier alpha value is -2.47. The number of carbonyl (C=O) groups excluding carboxylic acids is 1. The molecule has 0 heterocycles. The maximum atomic E-state index is 12.9. The van der Waals surface area contributed by atoms with E-state index in [2.05, 4.69) is 24.8 Å². The molecule has 1 aliphatic carbocycles. The predicted octanol–water partition coefficient (Wildman–Crippen LogP) is 4.42. The van der Waals surface area contributed by atoms with E-state index in [0.717, 1.165) is 22.3 Å². The molecule has 2 aromatic carbocycles. The lowest BCUT2D eigenvalue weighted by Gasteiger charge is -2.38. The van der Waals surface area contributed by atoms with E-state index in [4.69, 9.17) is 4.74 Å². The number of thiol groups is 1. The van der Waals surface area contributed by atoms with Gasteiger partial charge in [-0.3, -0.25) is 4.90 Å². The molecular weight excluding hydrogens is 374 g/mol. The van der Waals surface area contributed by atoms with Gasteiger partial charge in [-0.05, 0) is 43.0 Å². The van der Waals surface area contributed by atoms with Gasteiger partial charge in [-0.2, -0.15) is 12.6 Å². The molecule has 148 valence electrons. The average Bonchev–Trinajstić information content (AvgIpc) is 2.96. The summed E-state index contributed by atoms with van der Waals surface area (Å²) in [4.78, 5) is 25.8. The van der Waals surface area contributed by atoms with E-state index >= 15 is 0 Å². The third-order valence-corrected chi connectivity index (χ3v) is 5.37. The molecule has 0 bridgehead atoms. The van der Waals surface area contributed by atoms with Crippen molar-refractivity contribution in [1.29, 1.82) is 0 Å². The Balaban J connectivity index is 1.85.